The molecule has 3 heterocycles. The molecular formula is C12H22O4Si. The first-order valence-corrected chi connectivity index (χ1v) is 7.37. The summed E-state index contributed by atoms with van der Waals surface area (Å²) in [6.45, 7) is 7.58. The molecule has 3 fully saturated rings. The van der Waals surface area contributed by atoms with Crippen molar-refractivity contribution >= 4 is 10.5 Å². The Balaban J connectivity index is 1.88. The van der Waals surface area contributed by atoms with E-state index >= 15 is 0 Å². The predicted octanol–water partition coefficient (Wildman–Crippen LogP) is -0.403. The van der Waals surface area contributed by atoms with Crippen LogP contribution in [0.15, 0.2) is 0 Å². The Hall–Kier alpha value is 0.0569. The molecule has 3 aliphatic heterocycles. The molecule has 4 nitrogen and oxygen atoms in total. The van der Waals surface area contributed by atoms with E-state index in [1.807, 2.05) is 0 Å². The van der Waals surface area contributed by atoms with Crippen LogP contribution in [0.2, 0.25) is 0 Å². The lowest BCUT2D eigenvalue weighted by Crippen LogP contribution is -2.66. The summed E-state index contributed by atoms with van der Waals surface area (Å²) < 4.78 is 22.2. The van der Waals surface area contributed by atoms with E-state index in [2.05, 4.69) is 6.92 Å². The highest BCUT2D eigenvalue weighted by Gasteiger charge is 2.60. The molecule has 3 rings (SSSR count). The van der Waals surface area contributed by atoms with Gasteiger partial charge in [0.2, 0.25) is 0 Å². The molecule has 0 bridgehead atoms. The van der Waals surface area contributed by atoms with E-state index in [0.717, 1.165) is 50.1 Å². The Morgan fingerprint density at radius 1 is 0.941 bits per heavy atom. The largest absolute Gasteiger partial charge is 0.425 e. The molecule has 0 saturated carbocycles. The second-order valence-electron chi connectivity index (χ2n) is 5.58. The highest BCUT2D eigenvalue weighted by molar-refractivity contribution is 5.98. The van der Waals surface area contributed by atoms with Crippen LogP contribution >= 0.6 is 0 Å². The van der Waals surface area contributed by atoms with Gasteiger partial charge in [-0.2, -0.15) is 0 Å². The fourth-order valence-electron chi connectivity index (χ4n) is 3.77. The van der Waals surface area contributed by atoms with Gasteiger partial charge in [-0.3, -0.25) is 0 Å². The van der Waals surface area contributed by atoms with Crippen LogP contribution < -0.4 is 0 Å². The average molecular weight is 258 g/mol. The third-order valence-electron chi connectivity index (χ3n) is 5.09. The molecule has 0 aliphatic carbocycles. The van der Waals surface area contributed by atoms with E-state index in [9.17, 15) is 0 Å². The molecule has 98 valence electrons. The van der Waals surface area contributed by atoms with Crippen LogP contribution in [-0.2, 0) is 18.6 Å². The summed E-state index contributed by atoms with van der Waals surface area (Å²) in [6, 6.07) is 0. The highest BCUT2D eigenvalue weighted by atomic mass is 28.2. The van der Waals surface area contributed by atoms with Gasteiger partial charge < -0.3 is 18.6 Å². The van der Waals surface area contributed by atoms with E-state index in [4.69, 9.17) is 18.6 Å². The van der Waals surface area contributed by atoms with Gasteiger partial charge in [-0.25, -0.2) is 0 Å². The molecule has 5 heteroatoms. The summed E-state index contributed by atoms with van der Waals surface area (Å²) in [5, 5.41) is 0. The summed E-state index contributed by atoms with van der Waals surface area (Å²) in [6.07, 6.45) is 0.311. The lowest BCUT2D eigenvalue weighted by Gasteiger charge is -2.60. The molecule has 17 heavy (non-hydrogen) atoms. The maximum Gasteiger partial charge on any atom is 0.146 e. The zero-order valence-electron chi connectivity index (χ0n) is 10.7. The van der Waals surface area contributed by atoms with Gasteiger partial charge in [0.15, 0.2) is 0 Å². The van der Waals surface area contributed by atoms with Crippen LogP contribution in [-0.4, -0.2) is 56.2 Å². The van der Waals surface area contributed by atoms with Crippen molar-refractivity contribution in [2.75, 3.05) is 39.6 Å². The van der Waals surface area contributed by atoms with Crippen LogP contribution in [0.1, 0.15) is 6.92 Å². The predicted molar refractivity (Wildman–Crippen MR) is 65.8 cm³/mol. The van der Waals surface area contributed by atoms with Crippen LogP contribution in [0.25, 0.3) is 0 Å². The number of hydrogen-bond donors (Lipinski definition) is 0. The molecule has 1 unspecified atom stereocenters. The number of ether oxygens (including phenoxy) is 3. The lowest BCUT2D eigenvalue weighted by molar-refractivity contribution is -0.265. The first-order valence-electron chi connectivity index (χ1n) is 6.56. The summed E-state index contributed by atoms with van der Waals surface area (Å²) in [5.41, 5.74) is 0.233. The van der Waals surface area contributed by atoms with Crippen LogP contribution in [0.5, 0.6) is 0 Å². The average Bonchev–Trinajstić information content (AvgIpc) is 2.07. The minimum absolute atomic E-state index is 0.233. The third kappa shape index (κ3) is 1.63. The van der Waals surface area contributed by atoms with Gasteiger partial charge in [0, 0.05) is 29.3 Å². The first-order chi connectivity index (χ1) is 8.30. The van der Waals surface area contributed by atoms with Gasteiger partial charge in [0.25, 0.3) is 0 Å². The van der Waals surface area contributed by atoms with Crippen molar-refractivity contribution in [3.8, 4) is 0 Å². The molecule has 3 aliphatic rings. The SMILES string of the molecule is CC(O[SiH3])C(C1COC1)(C1COC1)C1COC1. The molecule has 1 atom stereocenters. The molecule has 3 saturated heterocycles. The Morgan fingerprint density at radius 2 is 1.29 bits per heavy atom. The fourth-order valence-corrected chi connectivity index (χ4v) is 4.18. The van der Waals surface area contributed by atoms with Crippen molar-refractivity contribution in [2.24, 2.45) is 23.2 Å². The van der Waals surface area contributed by atoms with E-state index in [-0.39, 0.29) is 5.41 Å². The summed E-state index contributed by atoms with van der Waals surface area (Å²) in [4.78, 5) is 0. The van der Waals surface area contributed by atoms with Crippen molar-refractivity contribution in [1.29, 1.82) is 0 Å². The number of hydrogen-bond acceptors (Lipinski definition) is 4. The summed E-state index contributed by atoms with van der Waals surface area (Å²) in [5.74, 6) is 1.90. The fraction of sp³-hybridized carbons (Fsp3) is 1.00. The molecule has 0 N–H and O–H groups in total. The standard InChI is InChI=1S/C12H22O4Si/c1-8(16-17)12(9-2-13-3-9,10-4-14-5-10)11-6-15-7-11/h8-11H,2-7H2,1,17H3. The van der Waals surface area contributed by atoms with Crippen LogP contribution in [0.3, 0.4) is 0 Å². The summed E-state index contributed by atoms with van der Waals surface area (Å²) in [7, 11) is 0.799. The Bertz CT molecular complexity index is 227. The first kappa shape index (κ1) is 12.1. The lowest BCUT2D eigenvalue weighted by atomic mass is 9.54. The molecule has 0 aromatic carbocycles. The van der Waals surface area contributed by atoms with Crippen molar-refractivity contribution < 1.29 is 18.6 Å². The second kappa shape index (κ2) is 4.62. The summed E-state index contributed by atoms with van der Waals surface area (Å²) >= 11 is 0. The van der Waals surface area contributed by atoms with Gasteiger partial charge in [0.05, 0.1) is 39.6 Å². The van der Waals surface area contributed by atoms with Crippen molar-refractivity contribution in [3.05, 3.63) is 0 Å². The zero-order chi connectivity index (χ0) is 11.9. The number of rotatable bonds is 5. The monoisotopic (exact) mass is 258 g/mol. The van der Waals surface area contributed by atoms with Crippen molar-refractivity contribution in [1.82, 2.24) is 0 Å². The molecule has 0 aromatic rings. The normalized spacial score (nSPS) is 29.5. The Labute approximate surface area is 105 Å². The molecule has 0 aromatic heterocycles. The van der Waals surface area contributed by atoms with E-state index in [0.29, 0.717) is 23.9 Å². The minimum Gasteiger partial charge on any atom is -0.425 e. The van der Waals surface area contributed by atoms with Gasteiger partial charge >= 0.3 is 0 Å². The highest BCUT2D eigenvalue weighted by Crippen LogP contribution is 2.54. The molecular weight excluding hydrogens is 236 g/mol. The van der Waals surface area contributed by atoms with Gasteiger partial charge in [-0.05, 0) is 6.92 Å². The molecule has 0 radical (unpaired) electrons. The Kier molecular flexibility index (Phi) is 3.29. The van der Waals surface area contributed by atoms with Crippen molar-refractivity contribution in [2.45, 2.75) is 13.0 Å². The smallest absolute Gasteiger partial charge is 0.146 e. The second-order valence-corrected chi connectivity index (χ2v) is 6.05. The van der Waals surface area contributed by atoms with Crippen LogP contribution in [0.4, 0.5) is 0 Å². The molecule has 0 spiro atoms. The minimum atomic E-state index is 0.233. The van der Waals surface area contributed by atoms with Gasteiger partial charge in [-0.1, -0.05) is 0 Å². The Morgan fingerprint density at radius 3 is 1.47 bits per heavy atom. The van der Waals surface area contributed by atoms with E-state index in [1.54, 1.807) is 0 Å². The van der Waals surface area contributed by atoms with E-state index < -0.39 is 0 Å². The quantitative estimate of drug-likeness (QED) is 0.629. The maximum atomic E-state index is 5.86. The topological polar surface area (TPSA) is 36.9 Å². The third-order valence-corrected chi connectivity index (χ3v) is 5.80. The van der Waals surface area contributed by atoms with E-state index in [1.165, 1.54) is 0 Å². The van der Waals surface area contributed by atoms with Crippen molar-refractivity contribution in [3.63, 3.8) is 0 Å². The molecule has 0 amide bonds. The van der Waals surface area contributed by atoms with Gasteiger partial charge in [0.1, 0.15) is 10.5 Å². The maximum absolute atomic E-state index is 5.86. The van der Waals surface area contributed by atoms with Crippen LogP contribution in [0, 0.1) is 23.2 Å². The zero-order valence-corrected chi connectivity index (χ0v) is 12.7. The van der Waals surface area contributed by atoms with Gasteiger partial charge in [-0.15, -0.1) is 0 Å².